The maximum atomic E-state index is 11.9. The predicted molar refractivity (Wildman–Crippen MR) is 68.3 cm³/mol. The van der Waals surface area contributed by atoms with Gasteiger partial charge in [0.2, 0.25) is 0 Å². The Labute approximate surface area is 104 Å². The average Bonchev–Trinajstić information content (AvgIpc) is 2.75. The van der Waals surface area contributed by atoms with Crippen LogP contribution in [0.2, 0.25) is 0 Å². The molecule has 1 unspecified atom stereocenters. The van der Waals surface area contributed by atoms with Crippen LogP contribution in [-0.2, 0) is 6.54 Å². The Morgan fingerprint density at radius 3 is 3.06 bits per heavy atom. The molecule has 3 rings (SSSR count). The van der Waals surface area contributed by atoms with Crippen molar-refractivity contribution < 1.29 is 5.11 Å². The molecule has 0 radical (unpaired) electrons. The minimum Gasteiger partial charge on any atom is -0.392 e. The van der Waals surface area contributed by atoms with Gasteiger partial charge in [0.1, 0.15) is 5.82 Å². The fourth-order valence-corrected chi connectivity index (χ4v) is 2.38. The Morgan fingerprint density at radius 2 is 2.28 bits per heavy atom. The van der Waals surface area contributed by atoms with Crippen molar-refractivity contribution in [2.45, 2.75) is 19.1 Å². The minimum atomic E-state index is -0.253. The van der Waals surface area contributed by atoms with Gasteiger partial charge in [-0.1, -0.05) is 12.1 Å². The molecule has 0 spiro atoms. The smallest absolute Gasteiger partial charge is 0.258 e. The molecule has 0 amide bonds. The lowest BCUT2D eigenvalue weighted by Gasteiger charge is -2.13. The summed E-state index contributed by atoms with van der Waals surface area (Å²) in [5.74, 6) is 0.660. The van der Waals surface area contributed by atoms with Gasteiger partial charge < -0.3 is 10.1 Å². The van der Waals surface area contributed by atoms with Crippen LogP contribution in [0.25, 0.3) is 10.9 Å². The molecule has 1 saturated heterocycles. The highest BCUT2D eigenvalue weighted by atomic mass is 16.3. The van der Waals surface area contributed by atoms with E-state index < -0.39 is 0 Å². The molecule has 0 saturated carbocycles. The van der Waals surface area contributed by atoms with E-state index in [1.807, 2.05) is 18.2 Å². The topological polar surface area (TPSA) is 69.2 Å². The number of hydrogen-bond donors (Lipinski definition) is 2. The van der Waals surface area contributed by atoms with Gasteiger partial charge in [0.05, 0.1) is 23.6 Å². The van der Waals surface area contributed by atoms with E-state index in [4.69, 9.17) is 0 Å². The van der Waals surface area contributed by atoms with E-state index in [1.54, 1.807) is 6.07 Å². The van der Waals surface area contributed by atoms with Crippen molar-refractivity contribution in [3.63, 3.8) is 0 Å². The first-order chi connectivity index (χ1) is 8.72. The van der Waals surface area contributed by atoms with Crippen molar-refractivity contribution in [2.75, 3.05) is 13.1 Å². The third kappa shape index (κ3) is 2.14. The second-order valence-corrected chi connectivity index (χ2v) is 4.71. The predicted octanol–water partition coefficient (Wildman–Crippen LogP) is 0.490. The van der Waals surface area contributed by atoms with Gasteiger partial charge in [-0.05, 0) is 18.6 Å². The van der Waals surface area contributed by atoms with Crippen LogP contribution in [0.15, 0.2) is 29.1 Å². The summed E-state index contributed by atoms with van der Waals surface area (Å²) in [4.78, 5) is 21.2. The number of rotatable bonds is 2. The van der Waals surface area contributed by atoms with Crippen molar-refractivity contribution in [1.82, 2.24) is 14.9 Å². The fourth-order valence-electron chi connectivity index (χ4n) is 2.38. The van der Waals surface area contributed by atoms with Gasteiger partial charge in [0, 0.05) is 13.1 Å². The van der Waals surface area contributed by atoms with Crippen LogP contribution in [0.1, 0.15) is 12.2 Å². The number of aromatic nitrogens is 2. The number of aliphatic hydroxyl groups excluding tert-OH is 1. The normalized spacial score (nSPS) is 20.6. The number of β-amino-alcohol motifs (C(OH)–C–C–N with tert-alkyl or cyclic N) is 1. The van der Waals surface area contributed by atoms with E-state index in [-0.39, 0.29) is 11.7 Å². The molecule has 1 aliphatic rings. The van der Waals surface area contributed by atoms with E-state index in [9.17, 15) is 9.90 Å². The van der Waals surface area contributed by atoms with Crippen molar-refractivity contribution in [1.29, 1.82) is 0 Å². The van der Waals surface area contributed by atoms with Gasteiger partial charge in [-0.2, -0.15) is 0 Å². The molecule has 0 aliphatic carbocycles. The molecule has 1 fully saturated rings. The zero-order valence-electron chi connectivity index (χ0n) is 9.97. The lowest BCUT2D eigenvalue weighted by molar-refractivity contribution is 0.174. The monoisotopic (exact) mass is 245 g/mol. The molecule has 5 nitrogen and oxygen atoms in total. The summed E-state index contributed by atoms with van der Waals surface area (Å²) in [7, 11) is 0. The molecule has 1 aliphatic heterocycles. The van der Waals surface area contributed by atoms with Gasteiger partial charge in [0.15, 0.2) is 0 Å². The van der Waals surface area contributed by atoms with Gasteiger partial charge in [0.25, 0.3) is 5.56 Å². The van der Waals surface area contributed by atoms with Crippen LogP contribution in [0.3, 0.4) is 0 Å². The zero-order valence-corrected chi connectivity index (χ0v) is 9.97. The van der Waals surface area contributed by atoms with Crippen LogP contribution < -0.4 is 5.56 Å². The van der Waals surface area contributed by atoms with Gasteiger partial charge in [-0.3, -0.25) is 9.69 Å². The number of nitrogens with zero attached hydrogens (tertiary/aromatic N) is 2. The molecule has 1 aromatic carbocycles. The van der Waals surface area contributed by atoms with Gasteiger partial charge in [-0.25, -0.2) is 4.98 Å². The average molecular weight is 245 g/mol. The Hall–Kier alpha value is -1.72. The van der Waals surface area contributed by atoms with Crippen LogP contribution in [-0.4, -0.2) is 39.2 Å². The maximum Gasteiger partial charge on any atom is 0.258 e. The SMILES string of the molecule is O=c1[nH]c(CN2CCC(O)C2)nc2ccccc12. The molecule has 1 atom stereocenters. The first-order valence-electron chi connectivity index (χ1n) is 6.11. The number of para-hydroxylation sites is 1. The summed E-state index contributed by atoms with van der Waals surface area (Å²) in [6.45, 7) is 2.07. The lowest BCUT2D eigenvalue weighted by Crippen LogP contribution is -2.24. The first kappa shape index (κ1) is 11.4. The van der Waals surface area contributed by atoms with Crippen LogP contribution in [0.4, 0.5) is 0 Å². The molecular formula is C13H15N3O2. The highest BCUT2D eigenvalue weighted by molar-refractivity contribution is 5.77. The Kier molecular flexibility index (Phi) is 2.85. The number of likely N-dealkylation sites (tertiary alicyclic amines) is 1. The van der Waals surface area contributed by atoms with E-state index in [0.29, 0.717) is 24.3 Å². The highest BCUT2D eigenvalue weighted by Crippen LogP contribution is 2.12. The summed E-state index contributed by atoms with van der Waals surface area (Å²) in [5.41, 5.74) is 0.617. The summed E-state index contributed by atoms with van der Waals surface area (Å²) in [6.07, 6.45) is 0.537. The summed E-state index contributed by atoms with van der Waals surface area (Å²) in [5, 5.41) is 10.1. The Bertz CT molecular complexity index is 623. The van der Waals surface area contributed by atoms with E-state index in [0.717, 1.165) is 18.5 Å². The van der Waals surface area contributed by atoms with E-state index in [1.165, 1.54) is 0 Å². The van der Waals surface area contributed by atoms with Gasteiger partial charge >= 0.3 is 0 Å². The molecule has 1 aromatic heterocycles. The quantitative estimate of drug-likeness (QED) is 0.808. The second-order valence-electron chi connectivity index (χ2n) is 4.71. The number of H-pyrrole nitrogens is 1. The standard InChI is InChI=1S/C13H15N3O2/c17-9-5-6-16(7-9)8-12-14-11-4-2-1-3-10(11)13(18)15-12/h1-4,9,17H,5-8H2,(H,14,15,18). The number of aliphatic hydroxyl groups is 1. The molecule has 18 heavy (non-hydrogen) atoms. The van der Waals surface area contributed by atoms with Gasteiger partial charge in [-0.15, -0.1) is 0 Å². The molecule has 2 N–H and O–H groups in total. The molecule has 0 bridgehead atoms. The maximum absolute atomic E-state index is 11.9. The number of hydrogen-bond acceptors (Lipinski definition) is 4. The Morgan fingerprint density at radius 1 is 1.44 bits per heavy atom. The third-order valence-electron chi connectivity index (χ3n) is 3.28. The Balaban J connectivity index is 1.91. The van der Waals surface area contributed by atoms with Crippen molar-refractivity contribution >= 4 is 10.9 Å². The largest absolute Gasteiger partial charge is 0.392 e. The van der Waals surface area contributed by atoms with E-state index in [2.05, 4.69) is 14.9 Å². The summed E-state index contributed by atoms with van der Waals surface area (Å²) >= 11 is 0. The molecule has 2 heterocycles. The van der Waals surface area contributed by atoms with Crippen molar-refractivity contribution in [3.05, 3.63) is 40.4 Å². The second kappa shape index (κ2) is 4.51. The molecule has 5 heteroatoms. The number of nitrogens with one attached hydrogen (secondary N) is 1. The summed E-state index contributed by atoms with van der Waals surface area (Å²) < 4.78 is 0. The third-order valence-corrected chi connectivity index (χ3v) is 3.28. The van der Waals surface area contributed by atoms with E-state index >= 15 is 0 Å². The minimum absolute atomic E-state index is 0.102. The summed E-state index contributed by atoms with van der Waals surface area (Å²) in [6, 6.07) is 7.31. The number of fused-ring (bicyclic) bond motifs is 1. The first-order valence-corrected chi connectivity index (χ1v) is 6.11. The number of benzene rings is 1. The van der Waals surface area contributed by atoms with Crippen LogP contribution in [0.5, 0.6) is 0 Å². The fraction of sp³-hybridized carbons (Fsp3) is 0.385. The molecular weight excluding hydrogens is 230 g/mol. The zero-order chi connectivity index (χ0) is 12.5. The number of aromatic amines is 1. The lowest BCUT2D eigenvalue weighted by atomic mass is 10.2. The van der Waals surface area contributed by atoms with Crippen LogP contribution >= 0.6 is 0 Å². The molecule has 94 valence electrons. The molecule has 2 aromatic rings. The van der Waals surface area contributed by atoms with Crippen molar-refractivity contribution in [2.24, 2.45) is 0 Å². The highest BCUT2D eigenvalue weighted by Gasteiger charge is 2.20. The van der Waals surface area contributed by atoms with Crippen molar-refractivity contribution in [3.8, 4) is 0 Å². The van der Waals surface area contributed by atoms with Crippen LogP contribution in [0, 0.1) is 0 Å².